The lowest BCUT2D eigenvalue weighted by Crippen LogP contribution is -2.36. The van der Waals surface area contributed by atoms with E-state index in [-0.39, 0.29) is 23.7 Å². The number of amides is 1. The van der Waals surface area contributed by atoms with Crippen LogP contribution in [-0.2, 0) is 11.3 Å². The van der Waals surface area contributed by atoms with Gasteiger partial charge in [-0.3, -0.25) is 4.79 Å². The molecule has 180 valence electrons. The average Bonchev–Trinajstić information content (AvgIpc) is 3.22. The number of nitrogens with one attached hydrogen (secondary N) is 1. The van der Waals surface area contributed by atoms with Gasteiger partial charge in [-0.2, -0.15) is 0 Å². The number of aromatic nitrogens is 1. The Bertz CT molecular complexity index is 1110. The van der Waals surface area contributed by atoms with Gasteiger partial charge in [0.15, 0.2) is 0 Å². The van der Waals surface area contributed by atoms with Crippen molar-refractivity contribution in [2.45, 2.75) is 89.1 Å². The SMILES string of the molecule is O=C(CC(c1cccc(F)c1)c1cn(CC2CCCCC2)c2ccccc12)NC1CCCCC1. The molecule has 0 bridgehead atoms. The summed E-state index contributed by atoms with van der Waals surface area (Å²) < 4.78 is 16.7. The molecule has 34 heavy (non-hydrogen) atoms. The first kappa shape index (κ1) is 23.1. The third kappa shape index (κ3) is 5.37. The number of carbonyl (C=O) groups is 1. The molecule has 5 rings (SSSR count). The van der Waals surface area contributed by atoms with Gasteiger partial charge in [0.05, 0.1) is 0 Å². The molecule has 2 fully saturated rings. The van der Waals surface area contributed by atoms with Crippen LogP contribution in [0.15, 0.2) is 54.7 Å². The lowest BCUT2D eigenvalue weighted by atomic mass is 9.87. The van der Waals surface area contributed by atoms with Gasteiger partial charge >= 0.3 is 0 Å². The van der Waals surface area contributed by atoms with Gasteiger partial charge in [0, 0.05) is 42.0 Å². The zero-order chi connectivity index (χ0) is 23.3. The largest absolute Gasteiger partial charge is 0.353 e. The van der Waals surface area contributed by atoms with Crippen LogP contribution >= 0.6 is 0 Å². The molecule has 2 aliphatic carbocycles. The van der Waals surface area contributed by atoms with Crippen molar-refractivity contribution >= 4 is 16.8 Å². The smallest absolute Gasteiger partial charge is 0.221 e. The van der Waals surface area contributed by atoms with E-state index in [1.807, 2.05) is 6.07 Å². The third-order valence-electron chi connectivity index (χ3n) is 7.99. The molecule has 1 unspecified atom stereocenters. The average molecular weight is 461 g/mol. The Morgan fingerprint density at radius 1 is 0.941 bits per heavy atom. The van der Waals surface area contributed by atoms with E-state index >= 15 is 0 Å². The van der Waals surface area contributed by atoms with Crippen LogP contribution < -0.4 is 5.32 Å². The maximum absolute atomic E-state index is 14.3. The van der Waals surface area contributed by atoms with Crippen molar-refractivity contribution < 1.29 is 9.18 Å². The summed E-state index contributed by atoms with van der Waals surface area (Å²) in [4.78, 5) is 13.2. The van der Waals surface area contributed by atoms with Crippen LogP contribution in [0.2, 0.25) is 0 Å². The van der Waals surface area contributed by atoms with Crippen LogP contribution in [0.4, 0.5) is 4.39 Å². The highest BCUT2D eigenvalue weighted by molar-refractivity contribution is 5.86. The fourth-order valence-electron chi connectivity index (χ4n) is 6.20. The zero-order valence-electron chi connectivity index (χ0n) is 20.1. The molecule has 1 N–H and O–H groups in total. The first-order valence-corrected chi connectivity index (χ1v) is 13.3. The number of nitrogens with zero attached hydrogens (tertiary/aromatic N) is 1. The van der Waals surface area contributed by atoms with E-state index in [2.05, 4.69) is 40.3 Å². The molecule has 0 aliphatic heterocycles. The van der Waals surface area contributed by atoms with Crippen LogP contribution in [0, 0.1) is 11.7 Å². The summed E-state index contributed by atoms with van der Waals surface area (Å²) in [6, 6.07) is 15.6. The Labute approximate surface area is 202 Å². The Morgan fingerprint density at radius 2 is 1.68 bits per heavy atom. The van der Waals surface area contributed by atoms with Crippen molar-refractivity contribution in [2.24, 2.45) is 5.92 Å². The molecule has 0 spiro atoms. The van der Waals surface area contributed by atoms with Gasteiger partial charge in [-0.05, 0) is 60.9 Å². The Kier molecular flexibility index (Phi) is 7.32. The fourth-order valence-corrected chi connectivity index (χ4v) is 6.20. The van der Waals surface area contributed by atoms with Crippen LogP contribution in [0.25, 0.3) is 10.9 Å². The maximum Gasteiger partial charge on any atom is 0.221 e. The number of fused-ring (bicyclic) bond motifs is 1. The Hall–Kier alpha value is -2.62. The molecule has 2 saturated carbocycles. The molecule has 1 amide bonds. The van der Waals surface area contributed by atoms with E-state index in [1.165, 1.54) is 68.3 Å². The molecule has 0 saturated heterocycles. The van der Waals surface area contributed by atoms with Crippen LogP contribution in [-0.4, -0.2) is 16.5 Å². The quantitative estimate of drug-likeness (QED) is 0.393. The third-order valence-corrected chi connectivity index (χ3v) is 7.99. The van der Waals surface area contributed by atoms with Crippen molar-refractivity contribution in [2.75, 3.05) is 0 Å². The van der Waals surface area contributed by atoms with Crippen molar-refractivity contribution in [3.05, 3.63) is 71.7 Å². The Morgan fingerprint density at radius 3 is 2.44 bits per heavy atom. The molecular formula is C30H37FN2O. The van der Waals surface area contributed by atoms with Gasteiger partial charge in [-0.25, -0.2) is 4.39 Å². The minimum Gasteiger partial charge on any atom is -0.353 e. The fraction of sp³-hybridized carbons (Fsp3) is 0.500. The van der Waals surface area contributed by atoms with E-state index in [9.17, 15) is 9.18 Å². The molecule has 2 aromatic carbocycles. The molecule has 1 aromatic heterocycles. The van der Waals surface area contributed by atoms with Crippen molar-refractivity contribution in [3.63, 3.8) is 0 Å². The standard InChI is InChI=1S/C30H37FN2O/c31-24-13-9-12-23(18-24)27(19-30(34)32-25-14-5-2-6-15-25)28-21-33(20-22-10-3-1-4-11-22)29-17-8-7-16-26(28)29/h7-9,12-13,16-18,21-22,25,27H,1-6,10-11,14-15,19-20H2,(H,32,34). The second-order valence-corrected chi connectivity index (χ2v) is 10.5. The molecule has 2 aliphatic rings. The second-order valence-electron chi connectivity index (χ2n) is 10.5. The van der Waals surface area contributed by atoms with Gasteiger partial charge in [0.2, 0.25) is 5.91 Å². The summed E-state index contributed by atoms with van der Waals surface area (Å²) in [6.45, 7) is 1.02. The highest BCUT2D eigenvalue weighted by Gasteiger charge is 2.25. The van der Waals surface area contributed by atoms with E-state index in [0.29, 0.717) is 12.3 Å². The zero-order valence-corrected chi connectivity index (χ0v) is 20.1. The molecule has 1 atom stereocenters. The molecule has 1 heterocycles. The Balaban J connectivity index is 1.47. The highest BCUT2D eigenvalue weighted by Crippen LogP contribution is 2.36. The number of para-hydroxylation sites is 1. The summed E-state index contributed by atoms with van der Waals surface area (Å²) in [6.07, 6.45) is 14.9. The monoisotopic (exact) mass is 460 g/mol. The van der Waals surface area contributed by atoms with E-state index in [4.69, 9.17) is 0 Å². The summed E-state index contributed by atoms with van der Waals surface area (Å²) in [5.74, 6) is 0.364. The van der Waals surface area contributed by atoms with Crippen molar-refractivity contribution in [1.29, 1.82) is 0 Å². The van der Waals surface area contributed by atoms with Crippen LogP contribution in [0.1, 0.15) is 87.7 Å². The van der Waals surface area contributed by atoms with Gasteiger partial charge in [0.25, 0.3) is 0 Å². The first-order chi connectivity index (χ1) is 16.7. The van der Waals surface area contributed by atoms with Gasteiger partial charge < -0.3 is 9.88 Å². The minimum atomic E-state index is -0.249. The van der Waals surface area contributed by atoms with Crippen LogP contribution in [0.3, 0.4) is 0 Å². The second kappa shape index (κ2) is 10.8. The number of halogens is 1. The normalized spacial score (nSPS) is 18.7. The summed E-state index contributed by atoms with van der Waals surface area (Å²) in [5.41, 5.74) is 3.23. The summed E-state index contributed by atoms with van der Waals surface area (Å²) in [7, 11) is 0. The summed E-state index contributed by atoms with van der Waals surface area (Å²) in [5, 5.41) is 4.46. The van der Waals surface area contributed by atoms with Gasteiger partial charge in [-0.1, -0.05) is 68.9 Å². The highest BCUT2D eigenvalue weighted by atomic mass is 19.1. The molecule has 3 aromatic rings. The molecule has 4 heteroatoms. The molecule has 3 nitrogen and oxygen atoms in total. The van der Waals surface area contributed by atoms with Gasteiger partial charge in [0.1, 0.15) is 5.82 Å². The first-order valence-electron chi connectivity index (χ1n) is 13.3. The number of carbonyl (C=O) groups excluding carboxylic acids is 1. The molecular weight excluding hydrogens is 423 g/mol. The van der Waals surface area contributed by atoms with Crippen molar-refractivity contribution in [1.82, 2.24) is 9.88 Å². The topological polar surface area (TPSA) is 34.0 Å². The number of hydrogen-bond acceptors (Lipinski definition) is 1. The predicted octanol–water partition coefficient (Wildman–Crippen LogP) is 7.33. The summed E-state index contributed by atoms with van der Waals surface area (Å²) >= 11 is 0. The van der Waals surface area contributed by atoms with E-state index in [1.54, 1.807) is 12.1 Å². The number of hydrogen-bond donors (Lipinski definition) is 1. The van der Waals surface area contributed by atoms with E-state index in [0.717, 1.165) is 30.5 Å². The van der Waals surface area contributed by atoms with E-state index < -0.39 is 0 Å². The number of benzene rings is 2. The maximum atomic E-state index is 14.3. The number of rotatable bonds is 7. The molecule has 0 radical (unpaired) electrons. The predicted molar refractivity (Wildman–Crippen MR) is 136 cm³/mol. The lowest BCUT2D eigenvalue weighted by Gasteiger charge is -2.24. The van der Waals surface area contributed by atoms with Crippen LogP contribution in [0.5, 0.6) is 0 Å². The minimum absolute atomic E-state index is 0.0743. The van der Waals surface area contributed by atoms with Gasteiger partial charge in [-0.15, -0.1) is 0 Å². The van der Waals surface area contributed by atoms with Crippen molar-refractivity contribution in [3.8, 4) is 0 Å². The lowest BCUT2D eigenvalue weighted by molar-refractivity contribution is -0.122.